The normalized spacial score (nSPS) is 51.1. The summed E-state index contributed by atoms with van der Waals surface area (Å²) in [5.74, 6) is -1.86. The highest BCUT2D eigenvalue weighted by Crippen LogP contribution is 2.70. The molecular weight excluding hydrogens is 377 g/mol. The van der Waals surface area contributed by atoms with Crippen molar-refractivity contribution >= 4 is 11.6 Å². The zero-order valence-electron chi connectivity index (χ0n) is 17.1. The molecule has 8 atom stereocenters. The molecule has 29 heavy (non-hydrogen) atoms. The number of nitrogens with one attached hydrogen (secondary N) is 1. The number of fused-ring (bicyclic) bond motifs is 5. The van der Waals surface area contributed by atoms with Crippen LogP contribution >= 0.6 is 0 Å². The second-order valence-electron chi connectivity index (χ2n) is 9.90. The van der Waals surface area contributed by atoms with E-state index in [1.165, 1.54) is 12.2 Å². The van der Waals surface area contributed by atoms with Crippen molar-refractivity contribution in [2.75, 3.05) is 6.61 Å². The first kappa shape index (κ1) is 20.8. The molecule has 3 saturated carbocycles. The number of alkyl halides is 1. The van der Waals surface area contributed by atoms with Crippen LogP contribution in [0.15, 0.2) is 23.8 Å². The predicted octanol–water partition coefficient (Wildman–Crippen LogP) is 1.88. The molecule has 0 unspecified atom stereocenters. The van der Waals surface area contributed by atoms with Crippen LogP contribution in [0.2, 0.25) is 0 Å². The van der Waals surface area contributed by atoms with Crippen LogP contribution in [0, 0.1) is 28.6 Å². The van der Waals surface area contributed by atoms with Gasteiger partial charge in [0.05, 0.1) is 6.10 Å². The Morgan fingerprint density at radius 2 is 2.03 bits per heavy atom. The van der Waals surface area contributed by atoms with Gasteiger partial charge in [-0.3, -0.25) is 9.59 Å². The van der Waals surface area contributed by atoms with Gasteiger partial charge in [0, 0.05) is 16.7 Å². The highest BCUT2D eigenvalue weighted by atomic mass is 19.1. The molecule has 0 heterocycles. The number of hydroxylamine groups is 1. The van der Waals surface area contributed by atoms with Gasteiger partial charge in [-0.2, -0.15) is 5.48 Å². The van der Waals surface area contributed by atoms with Crippen molar-refractivity contribution in [2.24, 2.45) is 28.6 Å². The molecule has 0 aromatic carbocycles. The SMILES string of the molecule is C[C@H]1C[C@H]2[C@@H]3CCC4=CC(=O)C=C[C@]4(C)[C@@]3(F)[C@@H](O)C[C@]2(C)[C@@]1(NO)C(=O)CO. The lowest BCUT2D eigenvalue weighted by molar-refractivity contribution is -0.206. The molecule has 3 fully saturated rings. The molecule has 0 aromatic heterocycles. The lowest BCUT2D eigenvalue weighted by Gasteiger charge is -2.63. The molecule has 4 rings (SSSR count). The molecule has 0 bridgehead atoms. The number of allylic oxidation sites excluding steroid dienone is 4. The number of aliphatic hydroxyl groups excluding tert-OH is 2. The second kappa shape index (κ2) is 6.30. The summed E-state index contributed by atoms with van der Waals surface area (Å²) in [5, 5.41) is 30.9. The summed E-state index contributed by atoms with van der Waals surface area (Å²) in [4.78, 5) is 24.7. The first-order valence-electron chi connectivity index (χ1n) is 10.4. The Hall–Kier alpha value is -1.41. The van der Waals surface area contributed by atoms with E-state index in [4.69, 9.17) is 0 Å². The van der Waals surface area contributed by atoms with E-state index in [-0.39, 0.29) is 24.0 Å². The summed E-state index contributed by atoms with van der Waals surface area (Å²) in [6.45, 7) is 4.64. The van der Waals surface area contributed by atoms with Crippen LogP contribution in [0.4, 0.5) is 4.39 Å². The second-order valence-corrected chi connectivity index (χ2v) is 9.90. The van der Waals surface area contributed by atoms with Crippen LogP contribution in [0.3, 0.4) is 0 Å². The van der Waals surface area contributed by atoms with Gasteiger partial charge in [-0.25, -0.2) is 4.39 Å². The van der Waals surface area contributed by atoms with Crippen molar-refractivity contribution in [1.82, 2.24) is 5.48 Å². The summed E-state index contributed by atoms with van der Waals surface area (Å²) in [5.41, 5.74) is -2.53. The van der Waals surface area contributed by atoms with Gasteiger partial charge < -0.3 is 15.4 Å². The summed E-state index contributed by atoms with van der Waals surface area (Å²) in [6.07, 6.45) is 4.55. The van der Waals surface area contributed by atoms with E-state index in [1.807, 2.05) is 13.8 Å². The Labute approximate surface area is 169 Å². The standard InChI is InChI=1S/C22H30FNO5/c1-12-8-16-15-5-4-13-9-14(26)6-7-19(13,2)21(15,23)17(27)10-20(16,3)22(12,24-29)18(28)11-25/h6-7,9,12,15-17,24-25,27,29H,4-5,8,10-11H2,1-3H3/t12-,15-,16-,17-,19-,20-,21-,22-/m0/s1. The van der Waals surface area contributed by atoms with Crippen molar-refractivity contribution in [3.63, 3.8) is 0 Å². The maximum Gasteiger partial charge on any atom is 0.181 e. The third-order valence-corrected chi connectivity index (χ3v) is 9.04. The van der Waals surface area contributed by atoms with E-state index in [2.05, 4.69) is 5.48 Å². The average molecular weight is 407 g/mol. The van der Waals surface area contributed by atoms with Crippen molar-refractivity contribution in [3.8, 4) is 0 Å². The maximum atomic E-state index is 17.0. The molecule has 4 aliphatic carbocycles. The quantitative estimate of drug-likeness (QED) is 0.532. The van der Waals surface area contributed by atoms with Crippen LogP contribution in [0.25, 0.3) is 0 Å². The Morgan fingerprint density at radius 3 is 2.66 bits per heavy atom. The van der Waals surface area contributed by atoms with Gasteiger partial charge >= 0.3 is 0 Å². The van der Waals surface area contributed by atoms with Gasteiger partial charge in [-0.1, -0.05) is 25.5 Å². The van der Waals surface area contributed by atoms with E-state index in [0.717, 1.165) is 0 Å². The minimum absolute atomic E-state index is 0.0288. The molecule has 4 N–H and O–H groups in total. The van der Waals surface area contributed by atoms with Crippen LogP contribution in [0.1, 0.15) is 46.5 Å². The van der Waals surface area contributed by atoms with Crippen molar-refractivity contribution in [2.45, 2.75) is 63.8 Å². The van der Waals surface area contributed by atoms with Gasteiger partial charge in [-0.05, 0) is 56.6 Å². The molecule has 7 heteroatoms. The average Bonchev–Trinajstić information content (AvgIpc) is 2.90. The number of aliphatic hydroxyl groups is 2. The molecule has 4 aliphatic rings. The van der Waals surface area contributed by atoms with Crippen LogP contribution in [-0.4, -0.2) is 50.9 Å². The van der Waals surface area contributed by atoms with E-state index >= 15 is 4.39 Å². The van der Waals surface area contributed by atoms with E-state index < -0.39 is 46.4 Å². The molecule has 0 radical (unpaired) electrons. The summed E-state index contributed by atoms with van der Waals surface area (Å²) >= 11 is 0. The van der Waals surface area contributed by atoms with Crippen molar-refractivity contribution in [1.29, 1.82) is 0 Å². The van der Waals surface area contributed by atoms with Crippen LogP contribution in [-0.2, 0) is 9.59 Å². The molecular formula is C22H30FNO5. The first-order chi connectivity index (χ1) is 13.5. The number of hydrogen-bond acceptors (Lipinski definition) is 6. The van der Waals surface area contributed by atoms with Gasteiger partial charge in [0.2, 0.25) is 0 Å². The Kier molecular flexibility index (Phi) is 4.53. The third kappa shape index (κ3) is 2.19. The van der Waals surface area contributed by atoms with Gasteiger partial charge in [-0.15, -0.1) is 0 Å². The molecule has 0 amide bonds. The minimum Gasteiger partial charge on any atom is -0.390 e. The predicted molar refractivity (Wildman–Crippen MR) is 103 cm³/mol. The van der Waals surface area contributed by atoms with E-state index in [1.54, 1.807) is 13.0 Å². The smallest absolute Gasteiger partial charge is 0.181 e. The van der Waals surface area contributed by atoms with E-state index in [0.29, 0.717) is 24.8 Å². The number of halogens is 1. The number of carbonyl (C=O) groups excluding carboxylic acids is 2. The minimum atomic E-state index is -1.98. The fourth-order valence-electron chi connectivity index (χ4n) is 7.59. The Balaban J connectivity index is 1.85. The Bertz CT molecular complexity index is 826. The van der Waals surface area contributed by atoms with Crippen molar-refractivity contribution in [3.05, 3.63) is 23.8 Å². The molecule has 160 valence electrons. The van der Waals surface area contributed by atoms with E-state index in [9.17, 15) is 25.0 Å². The number of Topliss-reactive ketones (excluding diaryl/α,β-unsaturated/α-hetero) is 1. The van der Waals surface area contributed by atoms with Crippen LogP contribution in [0.5, 0.6) is 0 Å². The largest absolute Gasteiger partial charge is 0.390 e. The summed E-state index contributed by atoms with van der Waals surface area (Å²) in [7, 11) is 0. The number of hydrogen-bond donors (Lipinski definition) is 4. The Morgan fingerprint density at radius 1 is 1.34 bits per heavy atom. The molecule has 0 aliphatic heterocycles. The summed E-state index contributed by atoms with van der Waals surface area (Å²) < 4.78 is 17.0. The number of carbonyl (C=O) groups is 2. The topological polar surface area (TPSA) is 107 Å². The van der Waals surface area contributed by atoms with Crippen LogP contribution < -0.4 is 5.48 Å². The zero-order valence-corrected chi connectivity index (χ0v) is 17.1. The highest BCUT2D eigenvalue weighted by molar-refractivity contribution is 6.01. The third-order valence-electron chi connectivity index (χ3n) is 9.04. The maximum absolute atomic E-state index is 17.0. The summed E-state index contributed by atoms with van der Waals surface area (Å²) in [6, 6.07) is 0. The van der Waals surface area contributed by atoms with Gasteiger partial charge in [0.25, 0.3) is 0 Å². The molecule has 6 nitrogen and oxygen atoms in total. The lowest BCUT2D eigenvalue weighted by Crippen LogP contribution is -2.72. The zero-order chi connectivity index (χ0) is 21.4. The van der Waals surface area contributed by atoms with Gasteiger partial charge in [0.1, 0.15) is 12.1 Å². The van der Waals surface area contributed by atoms with Crippen molar-refractivity contribution < 1.29 is 29.4 Å². The lowest BCUT2D eigenvalue weighted by atomic mass is 9.44. The first-order valence-corrected chi connectivity index (χ1v) is 10.4. The van der Waals surface area contributed by atoms with Gasteiger partial charge in [0.15, 0.2) is 17.2 Å². The highest BCUT2D eigenvalue weighted by Gasteiger charge is 2.75. The number of ketones is 2. The molecule has 0 aromatic rings. The molecule has 0 spiro atoms. The molecule has 0 saturated heterocycles. The monoisotopic (exact) mass is 407 g/mol. The fourth-order valence-corrected chi connectivity index (χ4v) is 7.59. The number of rotatable bonds is 3. The fraction of sp³-hybridized carbons (Fsp3) is 0.727.